The van der Waals surface area contributed by atoms with Crippen molar-refractivity contribution in [3.63, 3.8) is 0 Å². The minimum Gasteiger partial charge on any atom is -0.414 e. The van der Waals surface area contributed by atoms with Crippen LogP contribution < -0.4 is 0 Å². The molecule has 1 aromatic heterocycles. The van der Waals surface area contributed by atoms with Crippen LogP contribution in [0.5, 0.6) is 0 Å². The van der Waals surface area contributed by atoms with Gasteiger partial charge in [-0.05, 0) is 26.9 Å². The highest BCUT2D eigenvalue weighted by Crippen LogP contribution is 2.25. The van der Waals surface area contributed by atoms with Crippen LogP contribution in [0, 0.1) is 0 Å². The minimum absolute atomic E-state index is 0.0472. The number of amides is 1. The van der Waals surface area contributed by atoms with Crippen molar-refractivity contribution in [2.75, 3.05) is 38.4 Å². The monoisotopic (exact) mass is 376 g/mol. The van der Waals surface area contributed by atoms with E-state index in [1.54, 1.807) is 7.05 Å². The van der Waals surface area contributed by atoms with Crippen LogP contribution in [0.1, 0.15) is 31.7 Å². The number of thioether (sulfide) groups is 1. The van der Waals surface area contributed by atoms with Crippen LogP contribution >= 0.6 is 11.8 Å². The number of rotatable bonds is 7. The molecule has 0 aliphatic carbocycles. The summed E-state index contributed by atoms with van der Waals surface area (Å²) < 4.78 is 28.7. The molecule has 0 unspecified atom stereocenters. The number of hydrogen-bond donors (Lipinski definition) is 0. The number of aromatic nitrogens is 2. The maximum absolute atomic E-state index is 12.2. The Bertz CT molecular complexity index is 674. The SMILES string of the molecule is CC[C@@H](c1nnc(SCC(=O)N(C)[C@H]2CCS(=O)(=O)C2)o1)N(C)C. The van der Waals surface area contributed by atoms with Crippen LogP contribution in [-0.2, 0) is 14.6 Å². The van der Waals surface area contributed by atoms with Crippen LogP contribution in [0.3, 0.4) is 0 Å². The van der Waals surface area contributed by atoms with Gasteiger partial charge in [0.05, 0.1) is 23.3 Å². The fourth-order valence-electron chi connectivity index (χ4n) is 2.68. The van der Waals surface area contributed by atoms with Crippen molar-refractivity contribution in [3.8, 4) is 0 Å². The number of hydrogen-bond acceptors (Lipinski definition) is 8. The third-order valence-electron chi connectivity index (χ3n) is 4.19. The van der Waals surface area contributed by atoms with E-state index in [4.69, 9.17) is 4.42 Å². The van der Waals surface area contributed by atoms with Gasteiger partial charge in [-0.25, -0.2) is 8.42 Å². The summed E-state index contributed by atoms with van der Waals surface area (Å²) in [5, 5.41) is 8.37. The topological polar surface area (TPSA) is 96.6 Å². The molecule has 2 atom stereocenters. The summed E-state index contributed by atoms with van der Waals surface area (Å²) in [5.74, 6) is 0.742. The highest BCUT2D eigenvalue weighted by Gasteiger charge is 2.32. The molecule has 0 spiro atoms. The Labute approximate surface area is 146 Å². The second-order valence-corrected chi connectivity index (χ2v) is 9.30. The second kappa shape index (κ2) is 7.83. The average Bonchev–Trinajstić information content (AvgIpc) is 3.11. The first kappa shape index (κ1) is 19.2. The molecule has 0 saturated carbocycles. The zero-order valence-corrected chi connectivity index (χ0v) is 16.1. The predicted molar refractivity (Wildman–Crippen MR) is 91.6 cm³/mol. The maximum Gasteiger partial charge on any atom is 0.277 e. The Hall–Kier alpha value is -1.13. The highest BCUT2D eigenvalue weighted by molar-refractivity contribution is 7.99. The van der Waals surface area contributed by atoms with Crippen LogP contribution in [0.25, 0.3) is 0 Å². The van der Waals surface area contributed by atoms with Crippen LogP contribution in [0.15, 0.2) is 9.64 Å². The van der Waals surface area contributed by atoms with E-state index in [0.717, 1.165) is 6.42 Å². The van der Waals surface area contributed by atoms with E-state index in [2.05, 4.69) is 10.2 Å². The van der Waals surface area contributed by atoms with Gasteiger partial charge in [0.25, 0.3) is 5.22 Å². The molecular formula is C14H24N4O4S2. The van der Waals surface area contributed by atoms with Crippen LogP contribution in [0.2, 0.25) is 0 Å². The molecule has 0 N–H and O–H groups in total. The standard InChI is InChI=1S/C14H24N4O4S2/c1-5-11(17(2)3)13-15-16-14(22-13)23-8-12(19)18(4)10-6-7-24(20,21)9-10/h10-11H,5-9H2,1-4H3/t10-,11-/m0/s1. The van der Waals surface area contributed by atoms with Gasteiger partial charge in [0.15, 0.2) is 9.84 Å². The van der Waals surface area contributed by atoms with E-state index >= 15 is 0 Å². The lowest BCUT2D eigenvalue weighted by atomic mass is 10.2. The molecule has 0 aromatic carbocycles. The smallest absolute Gasteiger partial charge is 0.277 e. The molecule has 1 aliphatic heterocycles. The molecule has 2 heterocycles. The Morgan fingerprint density at radius 2 is 2.08 bits per heavy atom. The molecule has 0 radical (unpaired) electrons. The summed E-state index contributed by atoms with van der Waals surface area (Å²) >= 11 is 1.18. The molecule has 10 heteroatoms. The van der Waals surface area contributed by atoms with E-state index in [0.29, 0.717) is 17.5 Å². The van der Waals surface area contributed by atoms with Crippen LogP contribution in [-0.4, -0.2) is 78.8 Å². The summed E-state index contributed by atoms with van der Waals surface area (Å²) in [4.78, 5) is 15.8. The molecule has 136 valence electrons. The number of nitrogens with zero attached hydrogens (tertiary/aromatic N) is 4. The Balaban J connectivity index is 1.89. The first-order valence-electron chi connectivity index (χ1n) is 7.82. The first-order valence-corrected chi connectivity index (χ1v) is 10.6. The largest absolute Gasteiger partial charge is 0.414 e. The molecule has 8 nitrogen and oxygen atoms in total. The number of sulfone groups is 1. The normalized spacial score (nSPS) is 21.1. The minimum atomic E-state index is -3.00. The van der Waals surface area contributed by atoms with E-state index in [-0.39, 0.29) is 35.2 Å². The van der Waals surface area contributed by atoms with Gasteiger partial charge in [0, 0.05) is 13.1 Å². The van der Waals surface area contributed by atoms with Crippen LogP contribution in [0.4, 0.5) is 0 Å². The number of carbonyl (C=O) groups is 1. The molecule has 1 saturated heterocycles. The van der Waals surface area contributed by atoms with Crippen molar-refractivity contribution in [3.05, 3.63) is 5.89 Å². The van der Waals surface area contributed by atoms with Gasteiger partial charge in [-0.15, -0.1) is 10.2 Å². The van der Waals surface area contributed by atoms with Gasteiger partial charge >= 0.3 is 0 Å². The van der Waals surface area contributed by atoms with Gasteiger partial charge in [0.1, 0.15) is 0 Å². The molecule has 1 fully saturated rings. The van der Waals surface area contributed by atoms with Gasteiger partial charge in [-0.1, -0.05) is 18.7 Å². The summed E-state index contributed by atoms with van der Waals surface area (Å²) in [6.45, 7) is 2.04. The fraction of sp³-hybridized carbons (Fsp3) is 0.786. The molecule has 24 heavy (non-hydrogen) atoms. The third-order valence-corrected chi connectivity index (χ3v) is 6.74. The van der Waals surface area contributed by atoms with Gasteiger partial charge in [-0.3, -0.25) is 9.69 Å². The van der Waals surface area contributed by atoms with Gasteiger partial charge in [-0.2, -0.15) is 0 Å². The average molecular weight is 377 g/mol. The summed E-state index contributed by atoms with van der Waals surface area (Å²) in [7, 11) is 2.53. The van der Waals surface area contributed by atoms with Gasteiger partial charge < -0.3 is 9.32 Å². The van der Waals surface area contributed by atoms with Crippen molar-refractivity contribution in [1.82, 2.24) is 20.0 Å². The highest BCUT2D eigenvalue weighted by atomic mass is 32.2. The number of carbonyl (C=O) groups excluding carboxylic acids is 1. The molecule has 0 bridgehead atoms. The lowest BCUT2D eigenvalue weighted by molar-refractivity contribution is -0.128. The summed E-state index contributed by atoms with van der Waals surface area (Å²) in [5.41, 5.74) is 0. The maximum atomic E-state index is 12.2. The van der Waals surface area contributed by atoms with Crippen molar-refractivity contribution >= 4 is 27.5 Å². The summed E-state index contributed by atoms with van der Waals surface area (Å²) in [6.07, 6.45) is 1.35. The van der Waals surface area contributed by atoms with E-state index in [1.165, 1.54) is 16.7 Å². The zero-order valence-electron chi connectivity index (χ0n) is 14.4. The Morgan fingerprint density at radius 1 is 1.38 bits per heavy atom. The third kappa shape index (κ3) is 4.70. The van der Waals surface area contributed by atoms with Gasteiger partial charge in [0.2, 0.25) is 11.8 Å². The lowest BCUT2D eigenvalue weighted by Crippen LogP contribution is -2.38. The molecule has 2 rings (SSSR count). The lowest BCUT2D eigenvalue weighted by Gasteiger charge is -2.22. The van der Waals surface area contributed by atoms with E-state index in [9.17, 15) is 13.2 Å². The summed E-state index contributed by atoms with van der Waals surface area (Å²) in [6, 6.07) is -0.187. The van der Waals surface area contributed by atoms with Crippen molar-refractivity contribution in [2.24, 2.45) is 0 Å². The molecule has 1 aliphatic rings. The second-order valence-electron chi connectivity index (χ2n) is 6.14. The predicted octanol–water partition coefficient (Wildman–Crippen LogP) is 0.820. The van der Waals surface area contributed by atoms with E-state index in [1.807, 2.05) is 25.9 Å². The van der Waals surface area contributed by atoms with E-state index < -0.39 is 9.84 Å². The van der Waals surface area contributed by atoms with Crippen molar-refractivity contribution in [2.45, 2.75) is 37.1 Å². The zero-order chi connectivity index (χ0) is 17.9. The quantitative estimate of drug-likeness (QED) is 0.645. The molecule has 1 aromatic rings. The van der Waals surface area contributed by atoms with Crippen molar-refractivity contribution in [1.29, 1.82) is 0 Å². The molecular weight excluding hydrogens is 352 g/mol. The Kier molecular flexibility index (Phi) is 6.27. The van der Waals surface area contributed by atoms with Crippen molar-refractivity contribution < 1.29 is 17.6 Å². The molecule has 1 amide bonds. The Morgan fingerprint density at radius 3 is 2.62 bits per heavy atom. The fourth-order valence-corrected chi connectivity index (χ4v) is 5.15. The first-order chi connectivity index (χ1) is 11.2.